The summed E-state index contributed by atoms with van der Waals surface area (Å²) in [6, 6.07) is 8.17. The summed E-state index contributed by atoms with van der Waals surface area (Å²) in [5, 5.41) is 9.11. The third-order valence-corrected chi connectivity index (χ3v) is 2.86. The molecule has 1 rings (SSSR count). The van der Waals surface area contributed by atoms with E-state index in [9.17, 15) is 4.79 Å². The lowest BCUT2D eigenvalue weighted by atomic mass is 10.1. The van der Waals surface area contributed by atoms with E-state index in [-0.39, 0.29) is 18.0 Å². The van der Waals surface area contributed by atoms with Crippen LogP contribution in [-0.2, 0) is 11.3 Å². The Morgan fingerprint density at radius 3 is 2.43 bits per heavy atom. The molecule has 0 heterocycles. The molecule has 0 spiro atoms. The Morgan fingerprint density at radius 1 is 1.19 bits per heavy atom. The molecule has 0 saturated heterocycles. The summed E-state index contributed by atoms with van der Waals surface area (Å²) in [5.41, 5.74) is 2.21. The van der Waals surface area contributed by atoms with Crippen molar-refractivity contribution in [1.82, 2.24) is 16.0 Å². The van der Waals surface area contributed by atoms with E-state index < -0.39 is 0 Å². The van der Waals surface area contributed by atoms with E-state index in [1.807, 2.05) is 32.9 Å². The fourth-order valence-corrected chi connectivity index (χ4v) is 1.83. The number of amides is 1. The van der Waals surface area contributed by atoms with Crippen LogP contribution in [0.15, 0.2) is 29.3 Å². The lowest BCUT2D eigenvalue weighted by Crippen LogP contribution is -2.48. The fourth-order valence-electron chi connectivity index (χ4n) is 1.83. The topological polar surface area (TPSA) is 65.5 Å². The van der Waals surface area contributed by atoms with Gasteiger partial charge in [-0.2, -0.15) is 0 Å². The SMILES string of the molecule is CN=C(NCC(=O)NC(C)(C)C)NCc1ccccc1C. The molecular formula is C16H26N4O. The highest BCUT2D eigenvalue weighted by Crippen LogP contribution is 2.05. The van der Waals surface area contributed by atoms with Crippen molar-refractivity contribution < 1.29 is 4.79 Å². The molecule has 0 aliphatic rings. The Hall–Kier alpha value is -2.04. The van der Waals surface area contributed by atoms with E-state index in [1.54, 1.807) is 7.05 Å². The largest absolute Gasteiger partial charge is 0.352 e. The van der Waals surface area contributed by atoms with Gasteiger partial charge in [-0.3, -0.25) is 9.79 Å². The van der Waals surface area contributed by atoms with Crippen molar-refractivity contribution in [2.75, 3.05) is 13.6 Å². The number of aryl methyl sites for hydroxylation is 1. The van der Waals surface area contributed by atoms with Crippen LogP contribution in [0.1, 0.15) is 31.9 Å². The van der Waals surface area contributed by atoms with Gasteiger partial charge in [-0.05, 0) is 38.8 Å². The van der Waals surface area contributed by atoms with Crippen LogP contribution in [0.25, 0.3) is 0 Å². The number of nitrogens with one attached hydrogen (secondary N) is 3. The maximum absolute atomic E-state index is 11.8. The number of benzene rings is 1. The van der Waals surface area contributed by atoms with Crippen molar-refractivity contribution in [1.29, 1.82) is 0 Å². The zero-order chi connectivity index (χ0) is 15.9. The molecule has 0 aliphatic carbocycles. The summed E-state index contributed by atoms with van der Waals surface area (Å²) in [4.78, 5) is 15.9. The van der Waals surface area contributed by atoms with Gasteiger partial charge in [0.1, 0.15) is 0 Å². The molecule has 0 aliphatic heterocycles. The molecule has 0 atom stereocenters. The van der Waals surface area contributed by atoms with Gasteiger partial charge >= 0.3 is 0 Å². The van der Waals surface area contributed by atoms with E-state index in [2.05, 4.69) is 40.0 Å². The smallest absolute Gasteiger partial charge is 0.239 e. The van der Waals surface area contributed by atoms with Crippen LogP contribution in [0.3, 0.4) is 0 Å². The van der Waals surface area contributed by atoms with Gasteiger partial charge in [-0.25, -0.2) is 0 Å². The number of carbonyl (C=O) groups is 1. The van der Waals surface area contributed by atoms with E-state index in [1.165, 1.54) is 11.1 Å². The van der Waals surface area contributed by atoms with Crippen LogP contribution in [0.2, 0.25) is 0 Å². The molecule has 0 aromatic heterocycles. The van der Waals surface area contributed by atoms with Crippen LogP contribution >= 0.6 is 0 Å². The number of hydrogen-bond donors (Lipinski definition) is 3. The molecule has 3 N–H and O–H groups in total. The van der Waals surface area contributed by atoms with Gasteiger partial charge in [-0.15, -0.1) is 0 Å². The lowest BCUT2D eigenvalue weighted by Gasteiger charge is -2.21. The van der Waals surface area contributed by atoms with Gasteiger partial charge in [0.15, 0.2) is 5.96 Å². The van der Waals surface area contributed by atoms with Gasteiger partial charge in [0, 0.05) is 19.1 Å². The third-order valence-electron chi connectivity index (χ3n) is 2.86. The van der Waals surface area contributed by atoms with Gasteiger partial charge in [0.2, 0.25) is 5.91 Å². The average Bonchev–Trinajstić information content (AvgIpc) is 2.38. The summed E-state index contributed by atoms with van der Waals surface area (Å²) in [7, 11) is 1.69. The van der Waals surface area contributed by atoms with Gasteiger partial charge in [-0.1, -0.05) is 24.3 Å². The summed E-state index contributed by atoms with van der Waals surface area (Å²) in [5.74, 6) is 0.559. The zero-order valence-electron chi connectivity index (χ0n) is 13.6. The monoisotopic (exact) mass is 290 g/mol. The third kappa shape index (κ3) is 6.79. The first-order valence-electron chi connectivity index (χ1n) is 7.12. The second-order valence-corrected chi connectivity index (χ2v) is 6.00. The molecule has 1 aromatic rings. The maximum Gasteiger partial charge on any atom is 0.239 e. The second-order valence-electron chi connectivity index (χ2n) is 6.00. The molecule has 0 unspecified atom stereocenters. The minimum Gasteiger partial charge on any atom is -0.352 e. The summed E-state index contributed by atoms with van der Waals surface area (Å²) in [6.07, 6.45) is 0. The van der Waals surface area contributed by atoms with E-state index in [0.29, 0.717) is 12.5 Å². The van der Waals surface area contributed by atoms with Crippen molar-refractivity contribution in [2.45, 2.75) is 39.8 Å². The molecular weight excluding hydrogens is 264 g/mol. The highest BCUT2D eigenvalue weighted by atomic mass is 16.2. The lowest BCUT2D eigenvalue weighted by molar-refractivity contribution is -0.121. The van der Waals surface area contributed by atoms with Crippen molar-refractivity contribution >= 4 is 11.9 Å². The number of carbonyl (C=O) groups excluding carboxylic acids is 1. The Balaban J connectivity index is 2.43. The van der Waals surface area contributed by atoms with Gasteiger partial charge in [0.05, 0.1) is 6.54 Å². The second kappa shape index (κ2) is 7.67. The first kappa shape index (κ1) is 17.0. The van der Waals surface area contributed by atoms with Crippen LogP contribution in [0, 0.1) is 6.92 Å². The van der Waals surface area contributed by atoms with Crippen LogP contribution < -0.4 is 16.0 Å². The van der Waals surface area contributed by atoms with Crippen molar-refractivity contribution in [3.05, 3.63) is 35.4 Å². The minimum absolute atomic E-state index is 0.0543. The van der Waals surface area contributed by atoms with Crippen LogP contribution in [0.5, 0.6) is 0 Å². The summed E-state index contributed by atoms with van der Waals surface area (Å²) in [6.45, 7) is 8.81. The standard InChI is InChI=1S/C16H26N4O/c1-12-8-6-7-9-13(12)10-18-15(17-5)19-11-14(21)20-16(2,3)4/h6-9H,10-11H2,1-5H3,(H,20,21)(H2,17,18,19). The first-order chi connectivity index (χ1) is 9.81. The predicted octanol–water partition coefficient (Wildman–Crippen LogP) is 1.57. The zero-order valence-corrected chi connectivity index (χ0v) is 13.6. The number of guanidine groups is 1. The maximum atomic E-state index is 11.8. The molecule has 0 bridgehead atoms. The van der Waals surface area contributed by atoms with Gasteiger partial charge in [0.25, 0.3) is 0 Å². The molecule has 1 amide bonds. The minimum atomic E-state index is -0.225. The molecule has 116 valence electrons. The Kier molecular flexibility index (Phi) is 6.21. The van der Waals surface area contributed by atoms with Crippen molar-refractivity contribution in [3.8, 4) is 0 Å². The van der Waals surface area contributed by atoms with E-state index >= 15 is 0 Å². The van der Waals surface area contributed by atoms with Crippen LogP contribution in [0.4, 0.5) is 0 Å². The fraction of sp³-hybridized carbons (Fsp3) is 0.500. The molecule has 21 heavy (non-hydrogen) atoms. The highest BCUT2D eigenvalue weighted by molar-refractivity contribution is 5.86. The van der Waals surface area contributed by atoms with Gasteiger partial charge < -0.3 is 16.0 Å². The molecule has 5 heteroatoms. The first-order valence-corrected chi connectivity index (χ1v) is 7.12. The molecule has 0 saturated carbocycles. The average molecular weight is 290 g/mol. The normalized spacial score (nSPS) is 12.0. The van der Waals surface area contributed by atoms with Crippen molar-refractivity contribution in [2.24, 2.45) is 4.99 Å². The van der Waals surface area contributed by atoms with E-state index in [4.69, 9.17) is 0 Å². The molecule has 1 aromatic carbocycles. The number of hydrogen-bond acceptors (Lipinski definition) is 2. The highest BCUT2D eigenvalue weighted by Gasteiger charge is 2.13. The summed E-state index contributed by atoms with van der Waals surface area (Å²) >= 11 is 0. The summed E-state index contributed by atoms with van der Waals surface area (Å²) < 4.78 is 0. The number of nitrogens with zero attached hydrogens (tertiary/aromatic N) is 1. The molecule has 0 radical (unpaired) electrons. The number of rotatable bonds is 4. The Bertz CT molecular complexity index is 503. The molecule has 5 nitrogen and oxygen atoms in total. The molecule has 0 fully saturated rings. The predicted molar refractivity (Wildman–Crippen MR) is 87.3 cm³/mol. The number of aliphatic imine (C=N–C) groups is 1. The Labute approximate surface area is 127 Å². The van der Waals surface area contributed by atoms with Crippen molar-refractivity contribution in [3.63, 3.8) is 0 Å². The Morgan fingerprint density at radius 2 is 1.86 bits per heavy atom. The quantitative estimate of drug-likeness (QED) is 0.582. The van der Waals surface area contributed by atoms with Crippen LogP contribution in [-0.4, -0.2) is 31.0 Å². The van der Waals surface area contributed by atoms with E-state index in [0.717, 1.165) is 0 Å².